The summed E-state index contributed by atoms with van der Waals surface area (Å²) in [5.74, 6) is 0.917. The van der Waals surface area contributed by atoms with Gasteiger partial charge in [0.1, 0.15) is 7.05 Å². The van der Waals surface area contributed by atoms with Gasteiger partial charge in [0.25, 0.3) is 5.96 Å². The van der Waals surface area contributed by atoms with Crippen LogP contribution in [0.1, 0.15) is 13.8 Å². The lowest BCUT2D eigenvalue weighted by Crippen LogP contribution is -2.03. The average Bonchev–Trinajstić information content (AvgIpc) is 1.85. The first-order valence-electron chi connectivity index (χ1n) is 3.69. The van der Waals surface area contributed by atoms with E-state index >= 15 is 0 Å². The molecule has 5 nitrogen and oxygen atoms in total. The fourth-order valence-corrected chi connectivity index (χ4v) is 1.99. The minimum atomic E-state index is -3.29. The smallest absolute Gasteiger partial charge is 0.417 e. The van der Waals surface area contributed by atoms with Crippen molar-refractivity contribution in [2.24, 2.45) is 0 Å². The standard InChI is InChI=1S/C6H14NO4P/c1-4-10-12(9,11-5-2)6-7(3)8/h6H,4-5H2,1-3H3. The molecule has 72 valence electrons. The first kappa shape index (κ1) is 11.6. The Hall–Kier alpha value is -0.380. The monoisotopic (exact) mass is 195 g/mol. The second kappa shape index (κ2) is 5.30. The number of hydrogen-bond donors (Lipinski definition) is 0. The average molecular weight is 195 g/mol. The molecule has 0 aromatic rings. The van der Waals surface area contributed by atoms with Crippen LogP contribution in [0.2, 0.25) is 0 Å². The largest absolute Gasteiger partial charge is 0.624 e. The predicted molar refractivity (Wildman–Crippen MR) is 46.5 cm³/mol. The van der Waals surface area contributed by atoms with E-state index in [0.29, 0.717) is 4.74 Å². The second-order valence-electron chi connectivity index (χ2n) is 2.04. The summed E-state index contributed by atoms with van der Waals surface area (Å²) in [4.78, 5) is 0. The summed E-state index contributed by atoms with van der Waals surface area (Å²) in [7, 11) is -2.06. The lowest BCUT2D eigenvalue weighted by atomic mass is 10.9. The summed E-state index contributed by atoms with van der Waals surface area (Å²) in [6, 6.07) is 0. The topological polar surface area (TPSA) is 61.6 Å². The van der Waals surface area contributed by atoms with E-state index in [2.05, 4.69) is 0 Å². The van der Waals surface area contributed by atoms with E-state index in [4.69, 9.17) is 9.05 Å². The molecular weight excluding hydrogens is 181 g/mol. The van der Waals surface area contributed by atoms with E-state index in [1.807, 2.05) is 0 Å². The summed E-state index contributed by atoms with van der Waals surface area (Å²) < 4.78 is 21.5. The predicted octanol–water partition coefficient (Wildman–Crippen LogP) is 1.42. The van der Waals surface area contributed by atoms with Gasteiger partial charge in [0.15, 0.2) is 0 Å². The molecule has 0 N–H and O–H groups in total. The molecule has 0 bridgehead atoms. The van der Waals surface area contributed by atoms with Crippen LogP contribution in [-0.4, -0.2) is 31.0 Å². The van der Waals surface area contributed by atoms with E-state index in [0.717, 1.165) is 5.96 Å². The van der Waals surface area contributed by atoms with Crippen molar-refractivity contribution in [3.63, 3.8) is 0 Å². The number of hydrogen-bond acceptors (Lipinski definition) is 4. The Balaban J connectivity index is 4.40. The van der Waals surface area contributed by atoms with Gasteiger partial charge in [-0.3, -0.25) is 0 Å². The molecular formula is C6H14NO4P. The maximum Gasteiger partial charge on any atom is 0.417 e. The zero-order valence-corrected chi connectivity index (χ0v) is 8.41. The molecule has 0 aromatic carbocycles. The van der Waals surface area contributed by atoms with Crippen LogP contribution in [0.15, 0.2) is 0 Å². The molecule has 0 atom stereocenters. The number of hydroxylamine groups is 1. The van der Waals surface area contributed by atoms with Crippen LogP contribution in [0.25, 0.3) is 0 Å². The molecule has 12 heavy (non-hydrogen) atoms. The van der Waals surface area contributed by atoms with Crippen molar-refractivity contribution in [1.82, 2.24) is 0 Å². The van der Waals surface area contributed by atoms with Gasteiger partial charge in [0, 0.05) is 0 Å². The lowest BCUT2D eigenvalue weighted by molar-refractivity contribution is -0.415. The maximum atomic E-state index is 11.5. The number of nitrogens with zero attached hydrogens (tertiary/aromatic N) is 1. The van der Waals surface area contributed by atoms with E-state index in [1.54, 1.807) is 13.8 Å². The summed E-state index contributed by atoms with van der Waals surface area (Å²) in [6.45, 7) is 3.87. The van der Waals surface area contributed by atoms with E-state index in [1.165, 1.54) is 7.05 Å². The minimum Gasteiger partial charge on any atom is -0.624 e. The molecule has 0 aliphatic carbocycles. The molecule has 6 heteroatoms. The zero-order chi connectivity index (χ0) is 9.61. The van der Waals surface area contributed by atoms with E-state index < -0.39 is 7.60 Å². The Morgan fingerprint density at radius 2 is 1.83 bits per heavy atom. The molecule has 0 saturated heterocycles. The first-order valence-corrected chi connectivity index (χ1v) is 5.30. The molecule has 0 saturated carbocycles. The molecule has 0 heterocycles. The molecule has 0 aliphatic heterocycles. The van der Waals surface area contributed by atoms with Gasteiger partial charge in [0.2, 0.25) is 0 Å². The van der Waals surface area contributed by atoms with Crippen molar-refractivity contribution in [2.75, 3.05) is 20.3 Å². The molecule has 0 aromatic heterocycles. The second-order valence-corrected chi connectivity index (χ2v) is 3.86. The van der Waals surface area contributed by atoms with Gasteiger partial charge in [0.05, 0.1) is 13.2 Å². The van der Waals surface area contributed by atoms with Crippen molar-refractivity contribution < 1.29 is 18.4 Å². The third-order valence-corrected chi connectivity index (χ3v) is 2.77. The summed E-state index contributed by atoms with van der Waals surface area (Å²) in [5.41, 5.74) is 0. The molecule has 0 amide bonds. The quantitative estimate of drug-likeness (QED) is 0.219. The Morgan fingerprint density at radius 3 is 2.08 bits per heavy atom. The molecule has 0 spiro atoms. The molecule has 0 unspecified atom stereocenters. The lowest BCUT2D eigenvalue weighted by Gasteiger charge is -2.10. The molecule has 0 rings (SSSR count). The molecule has 0 aliphatic rings. The Bertz CT molecular complexity index is 190. The van der Waals surface area contributed by atoms with Gasteiger partial charge in [-0.05, 0) is 13.8 Å². The number of rotatable bonds is 5. The Morgan fingerprint density at radius 1 is 1.42 bits per heavy atom. The van der Waals surface area contributed by atoms with Crippen LogP contribution in [0.4, 0.5) is 0 Å². The summed E-state index contributed by atoms with van der Waals surface area (Å²) in [6.07, 6.45) is 0. The van der Waals surface area contributed by atoms with Crippen LogP contribution < -0.4 is 0 Å². The van der Waals surface area contributed by atoms with Gasteiger partial charge in [-0.15, -0.1) is 0 Å². The van der Waals surface area contributed by atoms with Gasteiger partial charge in [-0.2, -0.15) is 0 Å². The van der Waals surface area contributed by atoms with Gasteiger partial charge < -0.3 is 14.3 Å². The van der Waals surface area contributed by atoms with Crippen molar-refractivity contribution in [3.8, 4) is 0 Å². The summed E-state index contributed by atoms with van der Waals surface area (Å²) >= 11 is 0. The van der Waals surface area contributed by atoms with E-state index in [-0.39, 0.29) is 13.2 Å². The maximum absolute atomic E-state index is 11.5. The Labute approximate surface area is 72.1 Å². The third kappa shape index (κ3) is 4.49. The van der Waals surface area contributed by atoms with E-state index in [9.17, 15) is 9.77 Å². The van der Waals surface area contributed by atoms with Crippen molar-refractivity contribution >= 4 is 13.6 Å². The van der Waals surface area contributed by atoms with Gasteiger partial charge >= 0.3 is 7.60 Å². The zero-order valence-electron chi connectivity index (χ0n) is 7.52. The van der Waals surface area contributed by atoms with Gasteiger partial charge in [-0.1, -0.05) is 0 Å². The van der Waals surface area contributed by atoms with Crippen molar-refractivity contribution in [3.05, 3.63) is 5.21 Å². The van der Waals surface area contributed by atoms with Crippen molar-refractivity contribution in [1.29, 1.82) is 0 Å². The SMILES string of the molecule is CCOP(=O)(C=[N+](C)[O-])OCC. The summed E-state index contributed by atoms with van der Waals surface area (Å²) in [5, 5.41) is 10.5. The molecule has 0 radical (unpaired) electrons. The fraction of sp³-hybridized carbons (Fsp3) is 0.833. The first-order chi connectivity index (χ1) is 5.54. The van der Waals surface area contributed by atoms with Gasteiger partial charge in [-0.25, -0.2) is 9.30 Å². The minimum absolute atomic E-state index is 0.252. The Kier molecular flexibility index (Phi) is 5.13. The van der Waals surface area contributed by atoms with Crippen LogP contribution in [-0.2, 0) is 13.6 Å². The highest BCUT2D eigenvalue weighted by molar-refractivity contribution is 7.69. The third-order valence-electron chi connectivity index (χ3n) is 0.922. The van der Waals surface area contributed by atoms with Crippen LogP contribution in [0, 0.1) is 5.21 Å². The highest BCUT2D eigenvalue weighted by Gasteiger charge is 2.24. The fourth-order valence-electron chi connectivity index (χ4n) is 0.663. The van der Waals surface area contributed by atoms with Crippen LogP contribution >= 0.6 is 7.60 Å². The van der Waals surface area contributed by atoms with Crippen LogP contribution in [0.5, 0.6) is 0 Å². The molecule has 0 fully saturated rings. The van der Waals surface area contributed by atoms with Crippen LogP contribution in [0.3, 0.4) is 0 Å². The highest BCUT2D eigenvalue weighted by Crippen LogP contribution is 2.44. The van der Waals surface area contributed by atoms with Crippen molar-refractivity contribution in [2.45, 2.75) is 13.8 Å². The normalized spacial score (nSPS) is 13.4. The highest BCUT2D eigenvalue weighted by atomic mass is 31.2.